The van der Waals surface area contributed by atoms with Gasteiger partial charge in [-0.3, -0.25) is 0 Å². The van der Waals surface area contributed by atoms with Crippen molar-refractivity contribution in [2.75, 3.05) is 27.9 Å². The summed E-state index contributed by atoms with van der Waals surface area (Å²) >= 11 is 0. The lowest BCUT2D eigenvalue weighted by molar-refractivity contribution is -0.304. The lowest BCUT2D eigenvalue weighted by Gasteiger charge is -2.44. The predicted octanol–water partition coefficient (Wildman–Crippen LogP) is 3.76. The van der Waals surface area contributed by atoms with Crippen LogP contribution in [0.1, 0.15) is 16.7 Å². The van der Waals surface area contributed by atoms with E-state index in [4.69, 9.17) is 23.7 Å². The normalized spacial score (nSPS) is 25.2. The van der Waals surface area contributed by atoms with Crippen LogP contribution in [0.5, 0.6) is 0 Å². The van der Waals surface area contributed by atoms with E-state index < -0.39 is 36.3 Å². The van der Waals surface area contributed by atoms with Gasteiger partial charge in [0, 0.05) is 21.3 Å². The van der Waals surface area contributed by atoms with Gasteiger partial charge in [-0.25, -0.2) is 0 Å². The molecule has 0 amide bonds. The smallest absolute Gasteiger partial charge is 0.184 e. The van der Waals surface area contributed by atoms with Crippen LogP contribution >= 0.6 is 0 Å². The van der Waals surface area contributed by atoms with Gasteiger partial charge in [0.2, 0.25) is 0 Å². The van der Waals surface area contributed by atoms with Crippen molar-refractivity contribution >= 4 is 0 Å². The second kappa shape index (κ2) is 11.2. The highest BCUT2D eigenvalue weighted by molar-refractivity contribution is 5.47. The Kier molecular flexibility index (Phi) is 8.11. The molecule has 1 aliphatic heterocycles. The van der Waals surface area contributed by atoms with Gasteiger partial charge in [0.15, 0.2) is 6.29 Å². The van der Waals surface area contributed by atoms with E-state index in [0.29, 0.717) is 0 Å². The van der Waals surface area contributed by atoms with E-state index in [0.717, 1.165) is 16.7 Å². The zero-order chi connectivity index (χ0) is 24.0. The number of aliphatic hydroxyl groups is 1. The van der Waals surface area contributed by atoms with Gasteiger partial charge in [-0.15, -0.1) is 0 Å². The summed E-state index contributed by atoms with van der Waals surface area (Å²) in [6.07, 6.45) is -3.46. The fourth-order valence-corrected chi connectivity index (χ4v) is 4.81. The second-order valence-electron chi connectivity index (χ2n) is 8.26. The van der Waals surface area contributed by atoms with E-state index in [1.54, 1.807) is 14.2 Å². The summed E-state index contributed by atoms with van der Waals surface area (Å²) in [5.74, 6) is 0. The molecule has 1 aliphatic rings. The van der Waals surface area contributed by atoms with Crippen molar-refractivity contribution in [1.29, 1.82) is 0 Å². The highest BCUT2D eigenvalue weighted by atomic mass is 16.7. The van der Waals surface area contributed by atoms with Crippen molar-refractivity contribution in [1.82, 2.24) is 0 Å². The Balaban J connectivity index is 1.76. The minimum Gasteiger partial charge on any atom is -0.376 e. The first-order valence-corrected chi connectivity index (χ1v) is 11.4. The second-order valence-corrected chi connectivity index (χ2v) is 8.26. The Morgan fingerprint density at radius 3 is 1.44 bits per heavy atom. The Bertz CT molecular complexity index is 901. The fraction of sp³-hybridized carbons (Fsp3) is 0.357. The van der Waals surface area contributed by atoms with E-state index >= 15 is 0 Å². The average Bonchev–Trinajstić information content (AvgIpc) is 2.90. The highest BCUT2D eigenvalue weighted by Gasteiger charge is 2.48. The molecule has 5 atom stereocenters. The molecule has 6 heteroatoms. The molecule has 0 bridgehead atoms. The number of methoxy groups -OCH3 is 3. The van der Waals surface area contributed by atoms with Crippen molar-refractivity contribution in [3.8, 4) is 0 Å². The average molecular weight is 465 g/mol. The van der Waals surface area contributed by atoms with Crippen LogP contribution in [0.15, 0.2) is 91.0 Å². The Labute approximate surface area is 201 Å². The molecule has 180 valence electrons. The molecule has 0 radical (unpaired) electrons. The van der Waals surface area contributed by atoms with Gasteiger partial charge in [-0.1, -0.05) is 91.0 Å². The van der Waals surface area contributed by atoms with Crippen LogP contribution in [-0.2, 0) is 29.3 Å². The standard InChI is InChI=1S/C28H32O6/c1-30-24-23(34-27(29)26(32-3)25(24)31-2)19-33-28(20-13-7-4-8-14-20,21-15-9-5-10-16-21)22-17-11-6-12-18-22/h4-18,23-27,29H,19H2,1-3H3/t23-,24-,25-,26-,27+/m1/s1. The first kappa shape index (κ1) is 24.5. The summed E-state index contributed by atoms with van der Waals surface area (Å²) in [4.78, 5) is 0. The van der Waals surface area contributed by atoms with E-state index in [9.17, 15) is 5.11 Å². The summed E-state index contributed by atoms with van der Waals surface area (Å²) in [6, 6.07) is 30.3. The maximum atomic E-state index is 10.6. The predicted molar refractivity (Wildman–Crippen MR) is 128 cm³/mol. The SMILES string of the molecule is CO[C@H]1[C@@H](OC)[C@@H](O)O[C@H](COC(c2ccccc2)(c2ccccc2)c2ccccc2)[C@H]1OC. The molecule has 0 unspecified atom stereocenters. The first-order valence-electron chi connectivity index (χ1n) is 11.4. The van der Waals surface area contributed by atoms with Crippen LogP contribution in [0.2, 0.25) is 0 Å². The van der Waals surface area contributed by atoms with E-state index in [2.05, 4.69) is 36.4 Å². The molecule has 0 aliphatic carbocycles. The third-order valence-corrected chi connectivity index (χ3v) is 6.43. The minimum absolute atomic E-state index is 0.143. The zero-order valence-corrected chi connectivity index (χ0v) is 19.7. The molecule has 6 nitrogen and oxygen atoms in total. The summed E-state index contributed by atoms with van der Waals surface area (Å²) in [7, 11) is 4.68. The monoisotopic (exact) mass is 464 g/mol. The fourth-order valence-electron chi connectivity index (χ4n) is 4.81. The summed E-state index contributed by atoms with van der Waals surface area (Å²) in [5, 5.41) is 10.6. The van der Waals surface area contributed by atoms with Crippen molar-refractivity contribution in [3.63, 3.8) is 0 Å². The van der Waals surface area contributed by atoms with Crippen LogP contribution < -0.4 is 0 Å². The molecule has 0 saturated carbocycles. The van der Waals surface area contributed by atoms with Gasteiger partial charge in [0.05, 0.1) is 6.61 Å². The molecule has 1 saturated heterocycles. The number of hydrogen-bond donors (Lipinski definition) is 1. The van der Waals surface area contributed by atoms with Gasteiger partial charge >= 0.3 is 0 Å². The molecule has 3 aromatic carbocycles. The first-order chi connectivity index (χ1) is 16.7. The summed E-state index contributed by atoms with van der Waals surface area (Å²) < 4.78 is 29.6. The Morgan fingerprint density at radius 2 is 1.06 bits per heavy atom. The molecule has 34 heavy (non-hydrogen) atoms. The lowest BCUT2D eigenvalue weighted by Crippen LogP contribution is -2.61. The third-order valence-electron chi connectivity index (χ3n) is 6.43. The van der Waals surface area contributed by atoms with Crippen molar-refractivity contribution in [3.05, 3.63) is 108 Å². The van der Waals surface area contributed by atoms with Gasteiger partial charge in [-0.05, 0) is 16.7 Å². The van der Waals surface area contributed by atoms with Crippen molar-refractivity contribution < 1.29 is 28.8 Å². The molecule has 1 heterocycles. The number of benzene rings is 3. The van der Waals surface area contributed by atoms with Crippen LogP contribution in [0, 0.1) is 0 Å². The molecule has 0 spiro atoms. The topological polar surface area (TPSA) is 66.4 Å². The number of rotatable bonds is 9. The van der Waals surface area contributed by atoms with Crippen LogP contribution in [0.3, 0.4) is 0 Å². The molecule has 1 N–H and O–H groups in total. The molecule has 1 fully saturated rings. The van der Waals surface area contributed by atoms with Crippen molar-refractivity contribution in [2.24, 2.45) is 0 Å². The molecular weight excluding hydrogens is 432 g/mol. The Morgan fingerprint density at radius 1 is 0.647 bits per heavy atom. The van der Waals surface area contributed by atoms with Gasteiger partial charge in [-0.2, -0.15) is 0 Å². The van der Waals surface area contributed by atoms with Crippen LogP contribution in [0.25, 0.3) is 0 Å². The number of aliphatic hydroxyl groups excluding tert-OH is 1. The lowest BCUT2D eigenvalue weighted by atomic mass is 9.80. The van der Waals surface area contributed by atoms with Gasteiger partial charge in [0.1, 0.15) is 30.0 Å². The number of ether oxygens (including phenoxy) is 5. The molecular formula is C28H32O6. The maximum absolute atomic E-state index is 10.6. The molecule has 0 aromatic heterocycles. The van der Waals surface area contributed by atoms with Gasteiger partial charge in [0.25, 0.3) is 0 Å². The maximum Gasteiger partial charge on any atom is 0.184 e. The largest absolute Gasteiger partial charge is 0.376 e. The summed E-state index contributed by atoms with van der Waals surface area (Å²) in [6.45, 7) is 0.143. The van der Waals surface area contributed by atoms with E-state index in [-0.39, 0.29) is 6.61 Å². The van der Waals surface area contributed by atoms with Crippen molar-refractivity contribution in [2.45, 2.75) is 36.3 Å². The quantitative estimate of drug-likeness (QED) is 0.487. The molecule has 4 rings (SSSR count). The third kappa shape index (κ3) is 4.66. The Hall–Kier alpha value is -2.58. The summed E-state index contributed by atoms with van der Waals surface area (Å²) in [5.41, 5.74) is 2.04. The molecule has 3 aromatic rings. The van der Waals surface area contributed by atoms with Crippen LogP contribution in [-0.4, -0.2) is 63.7 Å². The van der Waals surface area contributed by atoms with Crippen LogP contribution in [0.4, 0.5) is 0 Å². The zero-order valence-electron chi connectivity index (χ0n) is 19.7. The van der Waals surface area contributed by atoms with E-state index in [1.807, 2.05) is 54.6 Å². The number of hydrogen-bond acceptors (Lipinski definition) is 6. The highest BCUT2D eigenvalue weighted by Crippen LogP contribution is 2.41. The van der Waals surface area contributed by atoms with Gasteiger partial charge < -0.3 is 28.8 Å². The minimum atomic E-state index is -1.17. The van der Waals surface area contributed by atoms with E-state index in [1.165, 1.54) is 7.11 Å².